The molecule has 0 fully saturated rings. The van der Waals surface area contributed by atoms with Crippen LogP contribution in [0.2, 0.25) is 0 Å². The van der Waals surface area contributed by atoms with Crippen molar-refractivity contribution in [2.75, 3.05) is 0 Å². The third kappa shape index (κ3) is 4.19. The second-order valence-electron chi connectivity index (χ2n) is 6.17. The van der Waals surface area contributed by atoms with Gasteiger partial charge in [-0.3, -0.25) is 4.79 Å². The molecule has 0 aliphatic heterocycles. The van der Waals surface area contributed by atoms with Crippen LogP contribution in [-0.4, -0.2) is 5.78 Å². The summed E-state index contributed by atoms with van der Waals surface area (Å²) >= 11 is 0. The van der Waals surface area contributed by atoms with E-state index in [0.29, 0.717) is 5.78 Å². The fourth-order valence-electron chi connectivity index (χ4n) is 3.32. The molecule has 2 rings (SSSR count). The molecule has 0 aromatic heterocycles. The number of carbonyl (C=O) groups is 1. The number of fused-ring (bicyclic) bond motifs is 1. The molecular weight excluding hydrogens is 244 g/mol. The number of rotatable bonds is 7. The average molecular weight is 272 g/mol. The van der Waals surface area contributed by atoms with Crippen molar-refractivity contribution in [2.24, 2.45) is 5.92 Å². The third-order valence-electron chi connectivity index (χ3n) is 4.56. The van der Waals surface area contributed by atoms with Crippen LogP contribution in [0.5, 0.6) is 0 Å². The van der Waals surface area contributed by atoms with Crippen LogP contribution in [0.4, 0.5) is 0 Å². The SMILES string of the molecule is CCCCCCCCC1CCCc2ccccc2C1=O. The lowest BCUT2D eigenvalue weighted by Gasteiger charge is -2.13. The van der Waals surface area contributed by atoms with Crippen LogP contribution in [0.15, 0.2) is 24.3 Å². The lowest BCUT2D eigenvalue weighted by Crippen LogP contribution is -2.14. The molecule has 0 saturated carbocycles. The summed E-state index contributed by atoms with van der Waals surface area (Å²) in [5.74, 6) is 0.691. The molecule has 0 spiro atoms. The van der Waals surface area contributed by atoms with Crippen molar-refractivity contribution < 1.29 is 4.79 Å². The molecule has 1 aromatic rings. The highest BCUT2D eigenvalue weighted by atomic mass is 16.1. The van der Waals surface area contributed by atoms with Gasteiger partial charge in [0, 0.05) is 11.5 Å². The van der Waals surface area contributed by atoms with Gasteiger partial charge in [0.25, 0.3) is 0 Å². The van der Waals surface area contributed by atoms with E-state index < -0.39 is 0 Å². The zero-order valence-corrected chi connectivity index (χ0v) is 12.9. The first-order chi connectivity index (χ1) is 9.83. The maximum Gasteiger partial charge on any atom is 0.166 e. The van der Waals surface area contributed by atoms with Crippen LogP contribution in [0, 0.1) is 5.92 Å². The van der Waals surface area contributed by atoms with E-state index >= 15 is 0 Å². The first kappa shape index (κ1) is 15.3. The largest absolute Gasteiger partial charge is 0.294 e. The van der Waals surface area contributed by atoms with E-state index in [1.54, 1.807) is 0 Å². The van der Waals surface area contributed by atoms with Gasteiger partial charge in [0.1, 0.15) is 0 Å². The highest BCUT2D eigenvalue weighted by Crippen LogP contribution is 2.28. The van der Waals surface area contributed by atoms with E-state index in [4.69, 9.17) is 0 Å². The molecule has 0 radical (unpaired) electrons. The fourth-order valence-corrected chi connectivity index (χ4v) is 3.32. The van der Waals surface area contributed by atoms with Gasteiger partial charge in [-0.15, -0.1) is 0 Å². The number of hydrogen-bond donors (Lipinski definition) is 0. The minimum absolute atomic E-state index is 0.282. The van der Waals surface area contributed by atoms with Crippen molar-refractivity contribution in [3.63, 3.8) is 0 Å². The average Bonchev–Trinajstić information content (AvgIpc) is 2.63. The van der Waals surface area contributed by atoms with E-state index in [9.17, 15) is 4.79 Å². The molecule has 0 saturated heterocycles. The molecule has 0 amide bonds. The summed E-state index contributed by atoms with van der Waals surface area (Å²) in [4.78, 5) is 12.6. The monoisotopic (exact) mass is 272 g/mol. The quantitative estimate of drug-likeness (QED) is 0.468. The van der Waals surface area contributed by atoms with E-state index in [0.717, 1.165) is 24.8 Å². The Morgan fingerprint density at radius 1 is 1.05 bits per heavy atom. The van der Waals surface area contributed by atoms with Gasteiger partial charge in [0.2, 0.25) is 0 Å². The Kier molecular flexibility index (Phi) is 6.29. The summed E-state index contributed by atoms with van der Waals surface area (Å²) in [7, 11) is 0. The molecule has 1 aliphatic rings. The summed E-state index contributed by atoms with van der Waals surface area (Å²) in [6.45, 7) is 2.25. The Labute approximate surface area is 123 Å². The van der Waals surface area contributed by atoms with Crippen LogP contribution in [0.25, 0.3) is 0 Å². The molecule has 1 nitrogen and oxygen atoms in total. The molecule has 0 heterocycles. The lowest BCUT2D eigenvalue weighted by atomic mass is 9.90. The Morgan fingerprint density at radius 3 is 2.65 bits per heavy atom. The minimum Gasteiger partial charge on any atom is -0.294 e. The van der Waals surface area contributed by atoms with Crippen molar-refractivity contribution in [1.29, 1.82) is 0 Å². The summed E-state index contributed by atoms with van der Waals surface area (Å²) in [5.41, 5.74) is 2.27. The van der Waals surface area contributed by atoms with Crippen molar-refractivity contribution in [2.45, 2.75) is 71.1 Å². The fraction of sp³-hybridized carbons (Fsp3) is 0.632. The van der Waals surface area contributed by atoms with Gasteiger partial charge in [0.05, 0.1) is 0 Å². The second-order valence-corrected chi connectivity index (χ2v) is 6.17. The third-order valence-corrected chi connectivity index (χ3v) is 4.56. The number of hydrogen-bond acceptors (Lipinski definition) is 1. The van der Waals surface area contributed by atoms with Crippen LogP contribution >= 0.6 is 0 Å². The standard InChI is InChI=1S/C19H28O/c1-2-3-4-5-6-7-12-17-14-10-13-16-11-8-9-15-18(16)19(17)20/h8-9,11,15,17H,2-7,10,12-14H2,1H3. The Balaban J connectivity index is 1.82. The molecule has 1 atom stereocenters. The van der Waals surface area contributed by atoms with E-state index in [1.165, 1.54) is 50.5 Å². The summed E-state index contributed by atoms with van der Waals surface area (Å²) in [6, 6.07) is 8.21. The van der Waals surface area contributed by atoms with Crippen LogP contribution in [-0.2, 0) is 6.42 Å². The molecule has 0 N–H and O–H groups in total. The normalized spacial score (nSPS) is 18.6. The predicted octanol–water partition coefficient (Wildman–Crippen LogP) is 5.57. The number of Topliss-reactive ketones (excluding diaryl/α,β-unsaturated/α-hetero) is 1. The maximum atomic E-state index is 12.6. The summed E-state index contributed by atoms with van der Waals surface area (Å²) in [5, 5.41) is 0. The van der Waals surface area contributed by atoms with Crippen LogP contribution in [0.3, 0.4) is 0 Å². The molecular formula is C19H28O. The van der Waals surface area contributed by atoms with E-state index in [-0.39, 0.29) is 5.92 Å². The van der Waals surface area contributed by atoms with Gasteiger partial charge < -0.3 is 0 Å². The Morgan fingerprint density at radius 2 is 1.80 bits per heavy atom. The highest BCUT2D eigenvalue weighted by Gasteiger charge is 2.24. The highest BCUT2D eigenvalue weighted by molar-refractivity contribution is 5.99. The zero-order chi connectivity index (χ0) is 14.2. The minimum atomic E-state index is 0.282. The van der Waals surface area contributed by atoms with Gasteiger partial charge in [-0.25, -0.2) is 0 Å². The first-order valence-electron chi connectivity index (χ1n) is 8.45. The maximum absolute atomic E-state index is 12.6. The smallest absolute Gasteiger partial charge is 0.166 e. The lowest BCUT2D eigenvalue weighted by molar-refractivity contribution is 0.0907. The van der Waals surface area contributed by atoms with Gasteiger partial charge in [0.15, 0.2) is 5.78 Å². The molecule has 110 valence electrons. The molecule has 1 heteroatoms. The number of aryl methyl sites for hydroxylation is 1. The number of carbonyl (C=O) groups excluding carboxylic acids is 1. The number of benzene rings is 1. The van der Waals surface area contributed by atoms with Crippen molar-refractivity contribution >= 4 is 5.78 Å². The predicted molar refractivity (Wildman–Crippen MR) is 85.2 cm³/mol. The molecule has 0 bridgehead atoms. The van der Waals surface area contributed by atoms with Gasteiger partial charge >= 0.3 is 0 Å². The molecule has 20 heavy (non-hydrogen) atoms. The van der Waals surface area contributed by atoms with Crippen LogP contribution in [0.1, 0.15) is 80.6 Å². The molecule has 1 unspecified atom stereocenters. The molecule has 1 aromatic carbocycles. The van der Waals surface area contributed by atoms with Crippen molar-refractivity contribution in [1.82, 2.24) is 0 Å². The first-order valence-corrected chi connectivity index (χ1v) is 8.45. The Bertz CT molecular complexity index is 422. The van der Waals surface area contributed by atoms with E-state index in [2.05, 4.69) is 19.1 Å². The van der Waals surface area contributed by atoms with Gasteiger partial charge in [-0.2, -0.15) is 0 Å². The van der Waals surface area contributed by atoms with E-state index in [1.807, 2.05) is 12.1 Å². The van der Waals surface area contributed by atoms with Gasteiger partial charge in [-0.1, -0.05) is 69.7 Å². The van der Waals surface area contributed by atoms with Crippen molar-refractivity contribution in [3.05, 3.63) is 35.4 Å². The Hall–Kier alpha value is -1.11. The topological polar surface area (TPSA) is 17.1 Å². The number of ketones is 1. The zero-order valence-electron chi connectivity index (χ0n) is 12.9. The second kappa shape index (κ2) is 8.24. The summed E-state index contributed by atoms with van der Waals surface area (Å²) < 4.78 is 0. The molecule has 1 aliphatic carbocycles. The van der Waals surface area contributed by atoms with Gasteiger partial charge in [-0.05, 0) is 31.2 Å². The number of unbranched alkanes of at least 4 members (excludes halogenated alkanes) is 5. The summed E-state index contributed by atoms with van der Waals surface area (Å²) in [6.07, 6.45) is 12.3. The van der Waals surface area contributed by atoms with Crippen LogP contribution < -0.4 is 0 Å². The van der Waals surface area contributed by atoms with Crippen molar-refractivity contribution in [3.8, 4) is 0 Å².